The molecule has 3 nitrogen and oxygen atoms in total. The van der Waals surface area contributed by atoms with E-state index in [1.54, 1.807) is 19.2 Å². The van der Waals surface area contributed by atoms with E-state index in [1.807, 2.05) is 24.9 Å². The molecule has 1 atom stereocenters. The molecule has 17 heavy (non-hydrogen) atoms. The molecule has 0 amide bonds. The normalized spacial score (nSPS) is 12.2. The number of hydrogen-bond donors (Lipinski definition) is 0. The van der Waals surface area contributed by atoms with Crippen molar-refractivity contribution in [3.63, 3.8) is 0 Å². The van der Waals surface area contributed by atoms with Crippen LogP contribution < -0.4 is 4.90 Å². The van der Waals surface area contributed by atoms with Crippen LogP contribution in [0, 0.1) is 0 Å². The van der Waals surface area contributed by atoms with E-state index in [1.165, 1.54) is 0 Å². The van der Waals surface area contributed by atoms with Gasteiger partial charge in [-0.25, -0.2) is 4.98 Å². The van der Waals surface area contributed by atoms with Gasteiger partial charge < -0.3 is 4.90 Å². The Morgan fingerprint density at radius 2 is 2.29 bits per heavy atom. The second-order valence-corrected chi connectivity index (χ2v) is 5.00. The van der Waals surface area contributed by atoms with Crippen molar-refractivity contribution in [2.45, 2.75) is 26.3 Å². The van der Waals surface area contributed by atoms with Crippen molar-refractivity contribution in [2.75, 3.05) is 24.0 Å². The third-order valence-electron chi connectivity index (χ3n) is 2.89. The Labute approximate surface area is 108 Å². The van der Waals surface area contributed by atoms with Gasteiger partial charge in [0.1, 0.15) is 5.82 Å². The van der Waals surface area contributed by atoms with Gasteiger partial charge in [0.25, 0.3) is 0 Å². The molecule has 4 heteroatoms. The van der Waals surface area contributed by atoms with E-state index in [2.05, 4.69) is 23.1 Å². The van der Waals surface area contributed by atoms with Gasteiger partial charge in [0.05, 0.1) is 0 Å². The first-order chi connectivity index (χ1) is 8.10. The van der Waals surface area contributed by atoms with Crippen LogP contribution in [0.25, 0.3) is 0 Å². The fourth-order valence-corrected chi connectivity index (χ4v) is 2.56. The van der Waals surface area contributed by atoms with E-state index in [0.717, 1.165) is 23.6 Å². The van der Waals surface area contributed by atoms with Crippen LogP contribution in [0.15, 0.2) is 18.3 Å². The smallest absolute Gasteiger partial charge is 0.159 e. The molecule has 0 fully saturated rings. The Balaban J connectivity index is 2.90. The first kappa shape index (κ1) is 14.0. The Bertz CT molecular complexity index is 381. The minimum Gasteiger partial charge on any atom is -0.356 e. The maximum absolute atomic E-state index is 11.3. The van der Waals surface area contributed by atoms with Crippen LogP contribution in [-0.2, 0) is 0 Å². The van der Waals surface area contributed by atoms with Crippen LogP contribution in [0.2, 0.25) is 0 Å². The van der Waals surface area contributed by atoms with Crippen molar-refractivity contribution in [3.8, 4) is 0 Å². The number of hydrogen-bond acceptors (Lipinski definition) is 4. The number of aromatic nitrogens is 1. The van der Waals surface area contributed by atoms with E-state index in [0.29, 0.717) is 6.04 Å². The molecule has 0 bridgehead atoms. The number of ketones is 1. The molecule has 0 aliphatic heterocycles. The van der Waals surface area contributed by atoms with Crippen LogP contribution in [0.5, 0.6) is 0 Å². The zero-order valence-electron chi connectivity index (χ0n) is 10.9. The highest BCUT2D eigenvalue weighted by atomic mass is 32.2. The first-order valence-corrected chi connectivity index (χ1v) is 7.18. The van der Waals surface area contributed by atoms with Gasteiger partial charge in [-0.1, -0.05) is 6.92 Å². The van der Waals surface area contributed by atoms with Crippen molar-refractivity contribution in [1.29, 1.82) is 0 Å². The highest BCUT2D eigenvalue weighted by Gasteiger charge is 2.14. The lowest BCUT2D eigenvalue weighted by Gasteiger charge is -2.27. The second kappa shape index (κ2) is 6.64. The summed E-state index contributed by atoms with van der Waals surface area (Å²) in [5.74, 6) is 2.03. The van der Waals surface area contributed by atoms with E-state index in [9.17, 15) is 4.79 Å². The third-order valence-corrected chi connectivity index (χ3v) is 3.61. The van der Waals surface area contributed by atoms with E-state index >= 15 is 0 Å². The Hall–Kier alpha value is -1.03. The molecule has 0 saturated heterocycles. The van der Waals surface area contributed by atoms with Gasteiger partial charge in [0, 0.05) is 30.6 Å². The van der Waals surface area contributed by atoms with Gasteiger partial charge in [-0.05, 0) is 31.7 Å². The molecule has 1 aromatic rings. The summed E-state index contributed by atoms with van der Waals surface area (Å²) >= 11 is 1.83. The quantitative estimate of drug-likeness (QED) is 0.729. The maximum atomic E-state index is 11.3. The Morgan fingerprint density at radius 1 is 1.59 bits per heavy atom. The van der Waals surface area contributed by atoms with Gasteiger partial charge >= 0.3 is 0 Å². The molecule has 94 valence electrons. The van der Waals surface area contributed by atoms with E-state index < -0.39 is 0 Å². The number of rotatable bonds is 6. The molecule has 0 N–H and O–H groups in total. The average Bonchev–Trinajstić information content (AvgIpc) is 2.35. The highest BCUT2D eigenvalue weighted by Crippen LogP contribution is 2.17. The zero-order chi connectivity index (χ0) is 12.8. The monoisotopic (exact) mass is 252 g/mol. The summed E-state index contributed by atoms with van der Waals surface area (Å²) in [6, 6.07) is 4.08. The summed E-state index contributed by atoms with van der Waals surface area (Å²) in [4.78, 5) is 17.8. The number of thioether (sulfide) groups is 1. The van der Waals surface area contributed by atoms with Gasteiger partial charge in [0.15, 0.2) is 5.78 Å². The van der Waals surface area contributed by atoms with Gasteiger partial charge in [-0.2, -0.15) is 11.8 Å². The predicted octanol–water partition coefficient (Wildman–Crippen LogP) is 2.86. The molecule has 0 aliphatic carbocycles. The number of carbonyl (C=O) groups excluding carboxylic acids is 1. The Kier molecular flexibility index (Phi) is 5.48. The van der Waals surface area contributed by atoms with Crippen molar-refractivity contribution in [3.05, 3.63) is 23.9 Å². The fourth-order valence-electron chi connectivity index (χ4n) is 1.71. The lowest BCUT2D eigenvalue weighted by molar-refractivity contribution is 0.101. The van der Waals surface area contributed by atoms with E-state index in [4.69, 9.17) is 0 Å². The lowest BCUT2D eigenvalue weighted by Crippen LogP contribution is -2.33. The number of nitrogens with zero attached hydrogens (tertiary/aromatic N) is 2. The summed E-state index contributed by atoms with van der Waals surface area (Å²) in [5.41, 5.74) is 0.723. The van der Waals surface area contributed by atoms with Crippen LogP contribution in [-0.4, -0.2) is 35.9 Å². The summed E-state index contributed by atoms with van der Waals surface area (Å²) in [7, 11) is 2.04. The summed E-state index contributed by atoms with van der Waals surface area (Å²) in [6.45, 7) is 3.75. The molecule has 0 saturated carbocycles. The van der Waals surface area contributed by atoms with Crippen LogP contribution in [0.4, 0.5) is 5.82 Å². The topological polar surface area (TPSA) is 33.2 Å². The maximum Gasteiger partial charge on any atom is 0.159 e. The number of anilines is 1. The lowest BCUT2D eigenvalue weighted by atomic mass is 10.1. The molecule has 1 unspecified atom stereocenters. The SMILES string of the molecule is CCC(CSC)N(C)c1cc(C(C)=O)ccn1. The molecule has 0 spiro atoms. The summed E-state index contributed by atoms with van der Waals surface area (Å²) < 4.78 is 0. The molecule has 1 heterocycles. The molecule has 1 rings (SSSR count). The summed E-state index contributed by atoms with van der Waals surface area (Å²) in [5, 5.41) is 0. The molecule has 0 aliphatic rings. The highest BCUT2D eigenvalue weighted by molar-refractivity contribution is 7.98. The molecule has 0 radical (unpaired) electrons. The zero-order valence-corrected chi connectivity index (χ0v) is 11.8. The average molecular weight is 252 g/mol. The van der Waals surface area contributed by atoms with E-state index in [-0.39, 0.29) is 5.78 Å². The minimum atomic E-state index is 0.0833. The van der Waals surface area contributed by atoms with Crippen LogP contribution in [0.1, 0.15) is 30.6 Å². The van der Waals surface area contributed by atoms with Crippen molar-refractivity contribution in [2.24, 2.45) is 0 Å². The van der Waals surface area contributed by atoms with Crippen molar-refractivity contribution < 1.29 is 4.79 Å². The minimum absolute atomic E-state index is 0.0833. The molecular weight excluding hydrogens is 232 g/mol. The predicted molar refractivity (Wildman–Crippen MR) is 75.1 cm³/mol. The van der Waals surface area contributed by atoms with Crippen molar-refractivity contribution >= 4 is 23.4 Å². The number of pyridine rings is 1. The first-order valence-electron chi connectivity index (χ1n) is 5.78. The summed E-state index contributed by atoms with van der Waals surface area (Å²) in [6.07, 6.45) is 4.88. The van der Waals surface area contributed by atoms with Gasteiger partial charge in [-0.3, -0.25) is 4.79 Å². The molecule has 0 aromatic carbocycles. The third kappa shape index (κ3) is 3.73. The van der Waals surface area contributed by atoms with Crippen LogP contribution in [0.3, 0.4) is 0 Å². The molecule has 1 aromatic heterocycles. The fraction of sp³-hybridized carbons (Fsp3) is 0.538. The van der Waals surface area contributed by atoms with Crippen molar-refractivity contribution in [1.82, 2.24) is 4.98 Å². The second-order valence-electron chi connectivity index (χ2n) is 4.09. The number of carbonyl (C=O) groups is 1. The molecular formula is C13H20N2OS. The van der Waals surface area contributed by atoms with Gasteiger partial charge in [-0.15, -0.1) is 0 Å². The Morgan fingerprint density at radius 3 is 2.82 bits per heavy atom. The standard InChI is InChI=1S/C13H20N2OS/c1-5-12(9-17-4)15(3)13-8-11(10(2)16)6-7-14-13/h6-8,12H,5,9H2,1-4H3. The van der Waals surface area contributed by atoms with Crippen LogP contribution >= 0.6 is 11.8 Å². The van der Waals surface area contributed by atoms with Gasteiger partial charge in [0.2, 0.25) is 0 Å². The largest absolute Gasteiger partial charge is 0.356 e. The number of Topliss-reactive ketones (excluding diaryl/α,β-unsaturated/α-hetero) is 1.